The number of carbonyl (C=O) groups excluding carboxylic acids is 1. The highest BCUT2D eigenvalue weighted by atomic mass is 32.2. The molecule has 0 radical (unpaired) electrons. The minimum Gasteiger partial charge on any atom is -0.497 e. The highest BCUT2D eigenvalue weighted by molar-refractivity contribution is 7.93. The highest BCUT2D eigenvalue weighted by Gasteiger charge is 2.41. The molecule has 1 aliphatic rings. The molecule has 1 heterocycles. The summed E-state index contributed by atoms with van der Waals surface area (Å²) in [5.41, 5.74) is 1.01. The van der Waals surface area contributed by atoms with Crippen molar-refractivity contribution in [3.05, 3.63) is 118 Å². The summed E-state index contributed by atoms with van der Waals surface area (Å²) in [5.74, 6) is -0.228. The summed E-state index contributed by atoms with van der Waals surface area (Å²) < 4.78 is 64.2. The van der Waals surface area contributed by atoms with Crippen LogP contribution in [0.25, 0.3) is 0 Å². The highest BCUT2D eigenvalue weighted by Crippen LogP contribution is 2.37. The average molecular weight is 637 g/mol. The first-order valence-corrected chi connectivity index (χ1v) is 16.2. The minimum absolute atomic E-state index is 0.00239. The monoisotopic (exact) mass is 636 g/mol. The van der Waals surface area contributed by atoms with E-state index < -0.39 is 43.5 Å². The topological polar surface area (TPSA) is 156 Å². The van der Waals surface area contributed by atoms with E-state index in [0.717, 1.165) is 34.1 Å². The number of carbonyl (C=O) groups is 1. The Morgan fingerprint density at radius 3 is 2.16 bits per heavy atom. The number of ether oxygens (including phenoxy) is 1. The smallest absolute Gasteiger partial charge is 0.269 e. The number of nitro benzene ring substituents is 1. The zero-order chi connectivity index (χ0) is 31.6. The van der Waals surface area contributed by atoms with Gasteiger partial charge in [0.05, 0.1) is 39.1 Å². The zero-order valence-electron chi connectivity index (χ0n) is 23.7. The van der Waals surface area contributed by atoms with Gasteiger partial charge >= 0.3 is 0 Å². The maximum absolute atomic E-state index is 14.3. The lowest BCUT2D eigenvalue weighted by molar-refractivity contribution is -0.384. The summed E-state index contributed by atoms with van der Waals surface area (Å²) in [6.07, 6.45) is 0. The number of para-hydroxylation sites is 1. The number of amides is 1. The molecule has 0 aromatic heterocycles. The fourth-order valence-corrected chi connectivity index (χ4v) is 7.61. The van der Waals surface area contributed by atoms with E-state index in [-0.39, 0.29) is 33.3 Å². The van der Waals surface area contributed by atoms with E-state index in [0.29, 0.717) is 11.4 Å². The summed E-state index contributed by atoms with van der Waals surface area (Å²) in [7, 11) is -7.20. The molecular formula is C30H28N4O8S2. The molecular weight excluding hydrogens is 608 g/mol. The van der Waals surface area contributed by atoms with Crippen LogP contribution in [0.2, 0.25) is 0 Å². The summed E-state index contributed by atoms with van der Waals surface area (Å²) in [6.45, 7) is 1.17. The van der Waals surface area contributed by atoms with Gasteiger partial charge in [-0.05, 0) is 61.5 Å². The number of nitro groups is 1. The molecule has 4 aromatic rings. The van der Waals surface area contributed by atoms with Gasteiger partial charge < -0.3 is 9.64 Å². The first-order chi connectivity index (χ1) is 20.9. The second-order valence-electron chi connectivity index (χ2n) is 10.0. The third kappa shape index (κ3) is 6.00. The molecule has 0 saturated carbocycles. The SMILES string of the molecule is COc1ccc2c(c1)C(=O)N(c1ccccc1)CC(CNS(=O)(=O)c1ccc(C)cc1)N2S(=O)(=O)c1ccc([N+](=O)[O-])cc1. The summed E-state index contributed by atoms with van der Waals surface area (Å²) >= 11 is 0. The van der Waals surface area contributed by atoms with Crippen LogP contribution in [-0.4, -0.2) is 53.9 Å². The normalized spacial score (nSPS) is 15.4. The van der Waals surface area contributed by atoms with Crippen molar-refractivity contribution in [2.75, 3.05) is 29.4 Å². The Labute approximate surface area is 254 Å². The minimum atomic E-state index is -4.52. The van der Waals surface area contributed by atoms with Crippen LogP contribution in [0.15, 0.2) is 107 Å². The largest absolute Gasteiger partial charge is 0.497 e. The van der Waals surface area contributed by atoms with Crippen molar-refractivity contribution in [1.29, 1.82) is 0 Å². The van der Waals surface area contributed by atoms with Crippen LogP contribution in [0.1, 0.15) is 15.9 Å². The Bertz CT molecular complexity index is 1920. The second kappa shape index (κ2) is 12.1. The molecule has 5 rings (SSSR count). The molecule has 0 fully saturated rings. The Balaban J connectivity index is 1.67. The number of sulfonamides is 2. The van der Waals surface area contributed by atoms with Gasteiger partial charge in [0.1, 0.15) is 5.75 Å². The molecule has 0 spiro atoms. The summed E-state index contributed by atoms with van der Waals surface area (Å²) in [6, 6.07) is 22.3. The number of non-ortho nitro benzene ring substituents is 1. The van der Waals surface area contributed by atoms with Crippen molar-refractivity contribution >= 4 is 43.0 Å². The lowest BCUT2D eigenvalue weighted by Crippen LogP contribution is -2.51. The van der Waals surface area contributed by atoms with Crippen LogP contribution in [0.3, 0.4) is 0 Å². The van der Waals surface area contributed by atoms with Crippen molar-refractivity contribution in [2.45, 2.75) is 22.8 Å². The Morgan fingerprint density at radius 2 is 1.55 bits per heavy atom. The Hall–Kier alpha value is -4.79. The number of rotatable bonds is 9. The maximum atomic E-state index is 14.3. The van der Waals surface area contributed by atoms with Gasteiger partial charge in [-0.15, -0.1) is 0 Å². The zero-order valence-corrected chi connectivity index (χ0v) is 25.3. The van der Waals surface area contributed by atoms with Crippen molar-refractivity contribution in [1.82, 2.24) is 4.72 Å². The lowest BCUT2D eigenvalue weighted by Gasteiger charge is -2.33. The van der Waals surface area contributed by atoms with Crippen LogP contribution in [0.4, 0.5) is 17.1 Å². The van der Waals surface area contributed by atoms with Gasteiger partial charge in [-0.2, -0.15) is 0 Å². The Kier molecular flexibility index (Phi) is 8.41. The number of nitrogens with zero attached hydrogens (tertiary/aromatic N) is 3. The summed E-state index contributed by atoms with van der Waals surface area (Å²) in [5, 5.41) is 11.2. The van der Waals surface area contributed by atoms with E-state index in [9.17, 15) is 31.7 Å². The third-order valence-electron chi connectivity index (χ3n) is 7.15. The van der Waals surface area contributed by atoms with E-state index in [2.05, 4.69) is 4.72 Å². The van der Waals surface area contributed by atoms with E-state index in [1.807, 2.05) is 6.92 Å². The van der Waals surface area contributed by atoms with Crippen LogP contribution in [0, 0.1) is 17.0 Å². The van der Waals surface area contributed by atoms with Gasteiger partial charge in [0, 0.05) is 30.9 Å². The van der Waals surface area contributed by atoms with Gasteiger partial charge in [0.15, 0.2) is 0 Å². The predicted molar refractivity (Wildman–Crippen MR) is 164 cm³/mol. The van der Waals surface area contributed by atoms with Crippen molar-refractivity contribution in [3.63, 3.8) is 0 Å². The first-order valence-electron chi connectivity index (χ1n) is 13.3. The molecule has 44 heavy (non-hydrogen) atoms. The van der Waals surface area contributed by atoms with Gasteiger partial charge in [-0.25, -0.2) is 21.6 Å². The molecule has 1 N–H and O–H groups in total. The molecule has 1 atom stereocenters. The number of benzene rings is 4. The third-order valence-corrected chi connectivity index (χ3v) is 10.5. The molecule has 12 nitrogen and oxygen atoms in total. The van der Waals surface area contributed by atoms with Crippen LogP contribution in [0.5, 0.6) is 5.75 Å². The lowest BCUT2D eigenvalue weighted by atomic mass is 10.1. The predicted octanol–water partition coefficient (Wildman–Crippen LogP) is 4.11. The standard InChI is InChI=1S/C30H28N4O8S2/c1-21-8-13-26(14-9-21)43(38,39)31-19-24-20-32(22-6-4-3-5-7-22)30(35)28-18-25(42-2)12-17-29(28)33(24)44(40,41)27-15-10-23(11-16-27)34(36)37/h3-18,24,31H,19-20H2,1-2H3. The van der Waals surface area contributed by atoms with E-state index in [1.54, 1.807) is 42.5 Å². The average Bonchev–Trinajstić information content (AvgIpc) is 3.14. The molecule has 1 aliphatic heterocycles. The van der Waals surface area contributed by atoms with Crippen molar-refractivity contribution < 1.29 is 31.3 Å². The molecule has 0 bridgehead atoms. The number of fused-ring (bicyclic) bond motifs is 1. The van der Waals surface area contributed by atoms with Crippen molar-refractivity contribution in [2.24, 2.45) is 0 Å². The Morgan fingerprint density at radius 1 is 0.909 bits per heavy atom. The van der Waals surface area contributed by atoms with Gasteiger partial charge in [0.25, 0.3) is 21.6 Å². The number of nitrogens with one attached hydrogen (secondary N) is 1. The van der Waals surface area contributed by atoms with Crippen LogP contribution >= 0.6 is 0 Å². The first kappa shape index (κ1) is 30.7. The second-order valence-corrected chi connectivity index (χ2v) is 13.6. The molecule has 0 saturated heterocycles. The number of hydrogen-bond acceptors (Lipinski definition) is 8. The number of hydrogen-bond donors (Lipinski definition) is 1. The van der Waals surface area contributed by atoms with Crippen molar-refractivity contribution in [3.8, 4) is 5.75 Å². The van der Waals surface area contributed by atoms with Gasteiger partial charge in [-0.3, -0.25) is 19.2 Å². The van der Waals surface area contributed by atoms with E-state index >= 15 is 0 Å². The number of aryl methyl sites for hydroxylation is 1. The fourth-order valence-electron chi connectivity index (χ4n) is 4.88. The van der Waals surface area contributed by atoms with E-state index in [4.69, 9.17) is 4.74 Å². The molecule has 1 unspecified atom stereocenters. The van der Waals surface area contributed by atoms with Crippen LogP contribution < -0.4 is 18.7 Å². The quantitative estimate of drug-likeness (QED) is 0.213. The molecule has 14 heteroatoms. The number of anilines is 2. The summed E-state index contributed by atoms with van der Waals surface area (Å²) in [4.78, 5) is 25.7. The van der Waals surface area contributed by atoms with Gasteiger partial charge in [0.2, 0.25) is 10.0 Å². The number of methoxy groups -OCH3 is 1. The molecule has 0 aliphatic carbocycles. The van der Waals surface area contributed by atoms with E-state index in [1.165, 1.54) is 42.3 Å². The molecule has 228 valence electrons. The maximum Gasteiger partial charge on any atom is 0.269 e. The molecule has 4 aromatic carbocycles. The molecule has 1 amide bonds. The van der Waals surface area contributed by atoms with Gasteiger partial charge in [-0.1, -0.05) is 35.9 Å². The fraction of sp³-hybridized carbons (Fsp3) is 0.167. The van der Waals surface area contributed by atoms with Crippen LogP contribution in [-0.2, 0) is 20.0 Å².